The van der Waals surface area contributed by atoms with Gasteiger partial charge in [-0.2, -0.15) is 0 Å². The van der Waals surface area contributed by atoms with Gasteiger partial charge in [-0.15, -0.1) is 11.3 Å². The second-order valence-corrected chi connectivity index (χ2v) is 11.6. The Morgan fingerprint density at radius 3 is 2.59 bits per heavy atom. The van der Waals surface area contributed by atoms with Crippen LogP contribution in [0.4, 0.5) is 10.9 Å². The van der Waals surface area contributed by atoms with E-state index >= 15 is 0 Å². The molecule has 0 aliphatic heterocycles. The van der Waals surface area contributed by atoms with Crippen molar-refractivity contribution in [2.24, 2.45) is 0 Å². The number of thiazole rings is 1. The van der Waals surface area contributed by atoms with Crippen LogP contribution in [0.1, 0.15) is 46.2 Å². The van der Waals surface area contributed by atoms with E-state index in [-0.39, 0.29) is 22.4 Å². The van der Waals surface area contributed by atoms with Gasteiger partial charge in [0.1, 0.15) is 5.82 Å². The van der Waals surface area contributed by atoms with E-state index in [1.807, 2.05) is 13.8 Å². The van der Waals surface area contributed by atoms with Gasteiger partial charge in [0.25, 0.3) is 0 Å². The molecular weight excluding hydrogens is 476 g/mol. The fraction of sp³-hybridized carbons (Fsp3) is 0.409. The highest BCUT2D eigenvalue weighted by Crippen LogP contribution is 2.33. The molecule has 0 aromatic carbocycles. The van der Waals surface area contributed by atoms with E-state index in [1.54, 1.807) is 50.0 Å². The molecule has 180 valence electrons. The lowest BCUT2D eigenvalue weighted by atomic mass is 9.89. The first-order valence-corrected chi connectivity index (χ1v) is 13.2. The second-order valence-electron chi connectivity index (χ2n) is 8.80. The SMILES string of the molecule is CC(C)Oc1cncc(-c2ccc(NC(=O)C(C)(C)c3csc(NS(=O)(=O)C4CC4)n3)nc2)n1. The van der Waals surface area contributed by atoms with Crippen molar-refractivity contribution in [3.8, 4) is 17.1 Å². The number of pyridine rings is 1. The van der Waals surface area contributed by atoms with Gasteiger partial charge in [-0.25, -0.2) is 23.4 Å². The van der Waals surface area contributed by atoms with Crippen molar-refractivity contribution >= 4 is 38.2 Å². The summed E-state index contributed by atoms with van der Waals surface area (Å²) in [6.07, 6.45) is 6.07. The minimum atomic E-state index is -3.41. The number of nitrogens with zero attached hydrogens (tertiary/aromatic N) is 4. The molecule has 1 saturated carbocycles. The van der Waals surface area contributed by atoms with Gasteiger partial charge < -0.3 is 10.1 Å². The van der Waals surface area contributed by atoms with Gasteiger partial charge in [-0.1, -0.05) is 0 Å². The maximum atomic E-state index is 13.0. The summed E-state index contributed by atoms with van der Waals surface area (Å²) < 4.78 is 32.4. The molecule has 0 bridgehead atoms. The topological polar surface area (TPSA) is 136 Å². The summed E-state index contributed by atoms with van der Waals surface area (Å²) in [7, 11) is -3.41. The van der Waals surface area contributed by atoms with Gasteiger partial charge in [0, 0.05) is 17.1 Å². The number of ether oxygens (including phenoxy) is 1. The van der Waals surface area contributed by atoms with Crippen molar-refractivity contribution in [1.82, 2.24) is 19.9 Å². The molecule has 4 rings (SSSR count). The summed E-state index contributed by atoms with van der Waals surface area (Å²) in [6, 6.07) is 3.46. The summed E-state index contributed by atoms with van der Waals surface area (Å²) in [5.41, 5.74) is 0.796. The van der Waals surface area contributed by atoms with Crippen LogP contribution in [0.25, 0.3) is 11.3 Å². The maximum absolute atomic E-state index is 13.0. The van der Waals surface area contributed by atoms with Crippen molar-refractivity contribution < 1.29 is 17.9 Å². The van der Waals surface area contributed by atoms with Crippen LogP contribution in [-0.2, 0) is 20.2 Å². The Kier molecular flexibility index (Phi) is 6.54. The number of carbonyl (C=O) groups is 1. The first-order chi connectivity index (χ1) is 16.0. The monoisotopic (exact) mass is 502 g/mol. The molecule has 1 amide bonds. The number of amides is 1. The molecule has 12 heteroatoms. The van der Waals surface area contributed by atoms with Gasteiger partial charge in [-0.05, 0) is 52.7 Å². The number of aromatic nitrogens is 4. The highest BCUT2D eigenvalue weighted by Gasteiger charge is 2.37. The Bertz CT molecular complexity index is 1280. The van der Waals surface area contributed by atoms with Crippen molar-refractivity contribution in [2.45, 2.75) is 57.3 Å². The number of hydrogen-bond acceptors (Lipinski definition) is 9. The largest absolute Gasteiger partial charge is 0.474 e. The van der Waals surface area contributed by atoms with Crippen LogP contribution in [0.5, 0.6) is 5.88 Å². The molecule has 0 unspecified atom stereocenters. The number of anilines is 2. The third-order valence-corrected chi connectivity index (χ3v) is 7.89. The first kappa shape index (κ1) is 24.0. The van der Waals surface area contributed by atoms with E-state index in [2.05, 4.69) is 30.0 Å². The Morgan fingerprint density at radius 1 is 1.18 bits per heavy atom. The maximum Gasteiger partial charge on any atom is 0.237 e. The fourth-order valence-electron chi connectivity index (χ4n) is 2.98. The molecule has 10 nitrogen and oxygen atoms in total. The number of carbonyl (C=O) groups excluding carboxylic acids is 1. The molecule has 2 N–H and O–H groups in total. The van der Waals surface area contributed by atoms with Crippen LogP contribution in [0.2, 0.25) is 0 Å². The predicted octanol–water partition coefficient (Wildman–Crippen LogP) is 3.60. The van der Waals surface area contributed by atoms with E-state index in [9.17, 15) is 13.2 Å². The lowest BCUT2D eigenvalue weighted by molar-refractivity contribution is -0.120. The predicted molar refractivity (Wildman–Crippen MR) is 130 cm³/mol. The molecule has 0 radical (unpaired) electrons. The minimum Gasteiger partial charge on any atom is -0.474 e. The highest BCUT2D eigenvalue weighted by atomic mass is 32.2. The molecule has 1 aliphatic rings. The van der Waals surface area contributed by atoms with E-state index in [0.29, 0.717) is 35.9 Å². The van der Waals surface area contributed by atoms with Crippen LogP contribution in [0.3, 0.4) is 0 Å². The summed E-state index contributed by atoms with van der Waals surface area (Å²) in [5.74, 6) is 0.477. The van der Waals surface area contributed by atoms with Gasteiger partial charge in [0.15, 0.2) is 5.13 Å². The smallest absolute Gasteiger partial charge is 0.237 e. The molecule has 0 saturated heterocycles. The average Bonchev–Trinajstić information content (AvgIpc) is 3.54. The molecule has 0 atom stereocenters. The quantitative estimate of drug-likeness (QED) is 0.453. The molecule has 1 fully saturated rings. The van der Waals surface area contributed by atoms with Crippen molar-refractivity contribution in [3.05, 3.63) is 41.8 Å². The standard InChI is InChI=1S/C22H26N6O4S2/c1-13(2)32-19-11-23-10-16(25-19)14-5-8-18(24-9-14)27-20(29)22(3,4)17-12-33-21(26-17)28-34(30,31)15-6-7-15/h5,8-13,15H,6-7H2,1-4H3,(H,26,28)(H,24,27,29). The van der Waals surface area contributed by atoms with Crippen LogP contribution < -0.4 is 14.8 Å². The summed E-state index contributed by atoms with van der Waals surface area (Å²) >= 11 is 1.16. The van der Waals surface area contributed by atoms with Crippen molar-refractivity contribution in [1.29, 1.82) is 0 Å². The lowest BCUT2D eigenvalue weighted by Gasteiger charge is -2.21. The third-order valence-electron chi connectivity index (χ3n) is 5.17. The van der Waals surface area contributed by atoms with Gasteiger partial charge >= 0.3 is 0 Å². The molecule has 3 aromatic heterocycles. The molecular formula is C22H26N6O4S2. The van der Waals surface area contributed by atoms with Crippen molar-refractivity contribution in [2.75, 3.05) is 10.0 Å². The zero-order valence-electron chi connectivity index (χ0n) is 19.3. The van der Waals surface area contributed by atoms with Crippen molar-refractivity contribution in [3.63, 3.8) is 0 Å². The van der Waals surface area contributed by atoms with Gasteiger partial charge in [0.05, 0.1) is 40.6 Å². The average molecular weight is 503 g/mol. The first-order valence-electron chi connectivity index (χ1n) is 10.8. The lowest BCUT2D eigenvalue weighted by Crippen LogP contribution is -2.35. The van der Waals surface area contributed by atoms with Crippen LogP contribution in [0.15, 0.2) is 36.1 Å². The minimum absolute atomic E-state index is 0.0178. The van der Waals surface area contributed by atoms with E-state index in [4.69, 9.17) is 4.74 Å². The van der Waals surface area contributed by atoms with E-state index in [0.717, 1.165) is 16.9 Å². The van der Waals surface area contributed by atoms with E-state index in [1.165, 1.54) is 0 Å². The fourth-order valence-corrected chi connectivity index (χ4v) is 5.46. The van der Waals surface area contributed by atoms with Gasteiger partial charge in [0.2, 0.25) is 21.8 Å². The van der Waals surface area contributed by atoms with Crippen LogP contribution in [0, 0.1) is 0 Å². The molecule has 0 spiro atoms. The third kappa shape index (κ3) is 5.50. The molecule has 1 aliphatic carbocycles. The summed E-state index contributed by atoms with van der Waals surface area (Å²) in [6.45, 7) is 7.27. The molecule has 3 aromatic rings. The molecule has 34 heavy (non-hydrogen) atoms. The number of hydrogen-bond donors (Lipinski definition) is 2. The Labute approximate surface area is 202 Å². The normalized spacial score (nSPS) is 14.1. The number of nitrogens with one attached hydrogen (secondary N) is 2. The number of rotatable bonds is 9. The zero-order chi connectivity index (χ0) is 24.5. The Morgan fingerprint density at radius 2 is 1.94 bits per heavy atom. The number of sulfonamides is 1. The summed E-state index contributed by atoms with van der Waals surface area (Å²) in [5, 5.41) is 4.40. The van der Waals surface area contributed by atoms with Crippen LogP contribution in [-0.4, -0.2) is 45.6 Å². The zero-order valence-corrected chi connectivity index (χ0v) is 20.9. The summed E-state index contributed by atoms with van der Waals surface area (Å²) in [4.78, 5) is 30.2. The Balaban J connectivity index is 1.43. The van der Waals surface area contributed by atoms with Crippen LogP contribution >= 0.6 is 11.3 Å². The van der Waals surface area contributed by atoms with Gasteiger partial charge in [-0.3, -0.25) is 14.5 Å². The second kappa shape index (κ2) is 9.26. The molecule has 3 heterocycles. The Hall–Kier alpha value is -3.12. The highest BCUT2D eigenvalue weighted by molar-refractivity contribution is 7.93. The van der Waals surface area contributed by atoms with E-state index < -0.39 is 15.4 Å².